The van der Waals surface area contributed by atoms with E-state index in [0.717, 1.165) is 0 Å². The van der Waals surface area contributed by atoms with Crippen molar-refractivity contribution in [3.05, 3.63) is 6.29 Å². The Balaban J connectivity index is 2.84. The molecule has 14 heavy (non-hydrogen) atoms. The number of hydrogen-bond donors (Lipinski definition) is 6. The molecule has 1 rings (SSSR count). The average Bonchev–Trinajstić information content (AvgIpc) is 2.20. The molecule has 0 unspecified atom stereocenters. The molecule has 0 saturated carbocycles. The highest BCUT2D eigenvalue weighted by Gasteiger charge is 2.57. The zero-order valence-corrected chi connectivity index (χ0v) is 6.94. The van der Waals surface area contributed by atoms with Crippen molar-refractivity contribution in [3.8, 4) is 0 Å². The van der Waals surface area contributed by atoms with Gasteiger partial charge in [0.05, 0.1) is 6.61 Å². The third-order valence-electron chi connectivity index (χ3n) is 1.99. The summed E-state index contributed by atoms with van der Waals surface area (Å²) in [6.07, 6.45) is -6.30. The van der Waals surface area contributed by atoms with Gasteiger partial charge in [0.25, 0.3) is 12.1 Å². The quantitative estimate of drug-likeness (QED) is 0.163. The van der Waals surface area contributed by atoms with Crippen LogP contribution in [0.5, 0.6) is 0 Å². The van der Waals surface area contributed by atoms with E-state index in [1.54, 1.807) is 0 Å². The van der Waals surface area contributed by atoms with Crippen LogP contribution in [0.25, 0.3) is 0 Å². The van der Waals surface area contributed by atoms with Crippen LogP contribution < -0.4 is 0 Å². The van der Waals surface area contributed by atoms with E-state index >= 15 is 0 Å². The Labute approximate surface area is 78.5 Å². The van der Waals surface area contributed by atoms with Crippen LogP contribution in [0, 0.1) is 6.29 Å². The minimum Gasteiger partial charge on any atom is -0.394 e. The molecular formula is C6H11O8. The predicted octanol–water partition coefficient (Wildman–Crippen LogP) is -2.86. The third-order valence-corrected chi connectivity index (χ3v) is 1.99. The Morgan fingerprint density at radius 2 is 2.00 bits per heavy atom. The molecule has 8 nitrogen and oxygen atoms in total. The Morgan fingerprint density at radius 1 is 1.43 bits per heavy atom. The maximum atomic E-state index is 9.22. The molecule has 0 aromatic heterocycles. The van der Waals surface area contributed by atoms with E-state index in [0.29, 0.717) is 0 Å². The molecule has 1 aliphatic heterocycles. The summed E-state index contributed by atoms with van der Waals surface area (Å²) in [5.41, 5.74) is 0. The number of aliphatic hydroxyl groups is 5. The zero-order chi connectivity index (χ0) is 10.9. The second-order valence-corrected chi connectivity index (χ2v) is 2.87. The summed E-state index contributed by atoms with van der Waals surface area (Å²) in [6.45, 7) is -0.691. The average molecular weight is 211 g/mol. The van der Waals surface area contributed by atoms with Crippen LogP contribution in [0.1, 0.15) is 0 Å². The standard InChI is InChI=1S/C6H11O8/c7-1-2-3(8)4(9)6(11,14-12)5(10)13-2/h2-4,7-12H,1H2/t2-,3+,4+,6-/m1/s1. The van der Waals surface area contributed by atoms with Crippen molar-refractivity contribution in [2.24, 2.45) is 0 Å². The van der Waals surface area contributed by atoms with E-state index in [4.69, 9.17) is 15.5 Å². The SMILES string of the molecule is OC[C@H]1O[C](O)[C@](O)(OO)[C@@H](O)[C@H]1O. The first kappa shape index (κ1) is 11.8. The molecular weight excluding hydrogens is 200 g/mol. The first-order chi connectivity index (χ1) is 6.47. The number of rotatable bonds is 2. The van der Waals surface area contributed by atoms with E-state index < -0.39 is 37.0 Å². The lowest BCUT2D eigenvalue weighted by molar-refractivity contribution is -0.459. The van der Waals surface area contributed by atoms with E-state index in [1.165, 1.54) is 0 Å². The minimum absolute atomic E-state index is 0.691. The van der Waals surface area contributed by atoms with Gasteiger partial charge in [-0.15, -0.1) is 0 Å². The molecule has 8 heteroatoms. The van der Waals surface area contributed by atoms with Crippen LogP contribution >= 0.6 is 0 Å². The Bertz CT molecular complexity index is 198. The van der Waals surface area contributed by atoms with Gasteiger partial charge in [-0.1, -0.05) is 0 Å². The summed E-state index contributed by atoms with van der Waals surface area (Å²) in [4.78, 5) is 3.42. The summed E-state index contributed by atoms with van der Waals surface area (Å²) in [5, 5.41) is 53.5. The summed E-state index contributed by atoms with van der Waals surface area (Å²) < 4.78 is 4.40. The molecule has 83 valence electrons. The molecule has 0 aliphatic carbocycles. The van der Waals surface area contributed by atoms with Crippen LogP contribution in [-0.4, -0.2) is 61.5 Å². The minimum atomic E-state index is -2.91. The predicted molar refractivity (Wildman–Crippen MR) is 37.8 cm³/mol. The normalized spacial score (nSPS) is 45.4. The van der Waals surface area contributed by atoms with Gasteiger partial charge >= 0.3 is 0 Å². The third kappa shape index (κ3) is 1.62. The topological polar surface area (TPSA) is 140 Å². The molecule has 6 N–H and O–H groups in total. The van der Waals surface area contributed by atoms with Gasteiger partial charge in [0, 0.05) is 0 Å². The second-order valence-electron chi connectivity index (χ2n) is 2.87. The monoisotopic (exact) mass is 211 g/mol. The van der Waals surface area contributed by atoms with E-state index in [9.17, 15) is 15.3 Å². The maximum absolute atomic E-state index is 9.22. The van der Waals surface area contributed by atoms with Gasteiger partial charge in [-0.25, -0.2) is 5.26 Å². The van der Waals surface area contributed by atoms with Gasteiger partial charge in [0.15, 0.2) is 0 Å². The molecule has 1 fully saturated rings. The lowest BCUT2D eigenvalue weighted by Gasteiger charge is -2.42. The van der Waals surface area contributed by atoms with Gasteiger partial charge in [0.2, 0.25) is 0 Å². The highest BCUT2D eigenvalue weighted by Crippen LogP contribution is 2.33. The van der Waals surface area contributed by atoms with Gasteiger partial charge in [-0.3, -0.25) is 0 Å². The molecule has 1 saturated heterocycles. The molecule has 0 amide bonds. The van der Waals surface area contributed by atoms with Crippen LogP contribution in [0.3, 0.4) is 0 Å². The molecule has 1 aliphatic rings. The number of aliphatic hydroxyl groups excluding tert-OH is 4. The molecule has 0 aromatic carbocycles. The Kier molecular flexibility index (Phi) is 3.40. The second kappa shape index (κ2) is 4.04. The van der Waals surface area contributed by atoms with Crippen LogP contribution in [-0.2, 0) is 9.62 Å². The number of ether oxygens (including phenoxy) is 1. The summed E-state index contributed by atoms with van der Waals surface area (Å²) in [7, 11) is 0. The van der Waals surface area contributed by atoms with Gasteiger partial charge in [0.1, 0.15) is 18.3 Å². The zero-order valence-electron chi connectivity index (χ0n) is 6.94. The van der Waals surface area contributed by atoms with Crippen molar-refractivity contribution < 1.29 is 40.4 Å². The lowest BCUT2D eigenvalue weighted by Crippen LogP contribution is -2.64. The van der Waals surface area contributed by atoms with Crippen molar-refractivity contribution in [1.82, 2.24) is 0 Å². The lowest BCUT2D eigenvalue weighted by atomic mass is 9.96. The molecule has 0 aromatic rings. The number of hydrogen-bond acceptors (Lipinski definition) is 8. The fourth-order valence-electron chi connectivity index (χ4n) is 1.10. The molecule has 1 heterocycles. The van der Waals surface area contributed by atoms with Crippen molar-refractivity contribution in [2.45, 2.75) is 24.1 Å². The first-order valence-electron chi connectivity index (χ1n) is 3.72. The largest absolute Gasteiger partial charge is 0.394 e. The first-order valence-corrected chi connectivity index (χ1v) is 3.72. The molecule has 4 atom stereocenters. The van der Waals surface area contributed by atoms with Gasteiger partial charge < -0.3 is 30.3 Å². The van der Waals surface area contributed by atoms with Crippen molar-refractivity contribution in [2.75, 3.05) is 6.61 Å². The van der Waals surface area contributed by atoms with Crippen LogP contribution in [0.4, 0.5) is 0 Å². The van der Waals surface area contributed by atoms with Crippen LogP contribution in [0.15, 0.2) is 0 Å². The van der Waals surface area contributed by atoms with E-state index in [1.807, 2.05) is 0 Å². The van der Waals surface area contributed by atoms with Gasteiger partial charge in [-0.05, 0) is 0 Å². The van der Waals surface area contributed by atoms with E-state index in [-0.39, 0.29) is 0 Å². The van der Waals surface area contributed by atoms with Crippen molar-refractivity contribution in [1.29, 1.82) is 0 Å². The molecule has 1 radical (unpaired) electrons. The molecule has 0 spiro atoms. The smallest absolute Gasteiger partial charge is 0.289 e. The van der Waals surface area contributed by atoms with E-state index in [2.05, 4.69) is 9.62 Å². The summed E-state index contributed by atoms with van der Waals surface area (Å²) in [6, 6.07) is 0. The van der Waals surface area contributed by atoms with Gasteiger partial charge in [-0.2, -0.15) is 4.89 Å². The summed E-state index contributed by atoms with van der Waals surface area (Å²) in [5.74, 6) is -2.91. The fourth-order valence-corrected chi connectivity index (χ4v) is 1.10. The van der Waals surface area contributed by atoms with Crippen molar-refractivity contribution in [3.63, 3.8) is 0 Å². The Morgan fingerprint density at radius 3 is 2.43 bits per heavy atom. The Hall–Kier alpha value is -0.320. The maximum Gasteiger partial charge on any atom is 0.289 e. The van der Waals surface area contributed by atoms with Crippen molar-refractivity contribution >= 4 is 0 Å². The summed E-state index contributed by atoms with van der Waals surface area (Å²) >= 11 is 0. The highest BCUT2D eigenvalue weighted by molar-refractivity contribution is 5.01. The molecule has 0 bridgehead atoms. The fraction of sp³-hybridized carbons (Fsp3) is 0.833. The highest BCUT2D eigenvalue weighted by atomic mass is 17.1. The van der Waals surface area contributed by atoms with Crippen LogP contribution in [0.2, 0.25) is 0 Å².